The summed E-state index contributed by atoms with van der Waals surface area (Å²) >= 11 is 0. The first-order valence-corrected chi connectivity index (χ1v) is 6.79. The Kier molecular flexibility index (Phi) is 5.66. The fourth-order valence-corrected chi connectivity index (χ4v) is 2.09. The second-order valence-electron chi connectivity index (χ2n) is 6.05. The molecule has 0 N–H and O–H groups in total. The van der Waals surface area contributed by atoms with Gasteiger partial charge in [-0.25, -0.2) is 4.79 Å². The summed E-state index contributed by atoms with van der Waals surface area (Å²) in [4.78, 5) is 25.9. The van der Waals surface area contributed by atoms with Gasteiger partial charge in [0.2, 0.25) is 0 Å². The molecule has 0 aromatic heterocycles. The summed E-state index contributed by atoms with van der Waals surface area (Å²) in [6.07, 6.45) is -5.09. The Morgan fingerprint density at radius 3 is 2.23 bits per heavy atom. The Morgan fingerprint density at radius 1 is 1.18 bits per heavy atom. The van der Waals surface area contributed by atoms with Gasteiger partial charge in [-0.05, 0) is 20.8 Å². The molecule has 1 heterocycles. The van der Waals surface area contributed by atoms with Crippen LogP contribution in [-0.4, -0.2) is 73.0 Å². The van der Waals surface area contributed by atoms with E-state index in [1.807, 2.05) is 0 Å². The highest BCUT2D eigenvalue weighted by molar-refractivity contribution is 5.77. The van der Waals surface area contributed by atoms with Crippen molar-refractivity contribution in [1.82, 2.24) is 9.80 Å². The molecule has 1 fully saturated rings. The van der Waals surface area contributed by atoms with Gasteiger partial charge in [0.15, 0.2) is 0 Å². The first kappa shape index (κ1) is 18.5. The fourth-order valence-electron chi connectivity index (χ4n) is 2.09. The number of hydrogen-bond acceptors (Lipinski definition) is 5. The minimum Gasteiger partial charge on any atom is -0.468 e. The zero-order chi connectivity index (χ0) is 17.1. The van der Waals surface area contributed by atoms with Crippen molar-refractivity contribution in [1.29, 1.82) is 0 Å². The van der Waals surface area contributed by atoms with Gasteiger partial charge in [-0.1, -0.05) is 0 Å². The summed E-state index contributed by atoms with van der Waals surface area (Å²) in [5.74, 6) is -0.808. The van der Waals surface area contributed by atoms with E-state index in [0.717, 1.165) is 12.0 Å². The molecule has 0 aromatic rings. The Labute approximate surface area is 127 Å². The van der Waals surface area contributed by atoms with Crippen molar-refractivity contribution in [3.63, 3.8) is 0 Å². The fraction of sp³-hybridized carbons (Fsp3) is 0.846. The van der Waals surface area contributed by atoms with Gasteiger partial charge in [0.25, 0.3) is 0 Å². The van der Waals surface area contributed by atoms with E-state index in [2.05, 4.69) is 4.74 Å². The molecular formula is C13H21F3N2O4. The third-order valence-electron chi connectivity index (χ3n) is 3.00. The van der Waals surface area contributed by atoms with Crippen LogP contribution in [0.1, 0.15) is 20.8 Å². The molecule has 9 heteroatoms. The number of halogens is 3. The zero-order valence-electron chi connectivity index (χ0n) is 13.1. The van der Waals surface area contributed by atoms with Gasteiger partial charge >= 0.3 is 18.2 Å². The van der Waals surface area contributed by atoms with Gasteiger partial charge in [-0.3, -0.25) is 9.69 Å². The van der Waals surface area contributed by atoms with Crippen LogP contribution < -0.4 is 0 Å². The van der Waals surface area contributed by atoms with Crippen LogP contribution in [0.5, 0.6) is 0 Å². The largest absolute Gasteiger partial charge is 0.468 e. The van der Waals surface area contributed by atoms with Crippen molar-refractivity contribution in [2.75, 3.05) is 33.3 Å². The highest BCUT2D eigenvalue weighted by Crippen LogP contribution is 2.22. The van der Waals surface area contributed by atoms with Crippen LogP contribution in [-0.2, 0) is 14.3 Å². The van der Waals surface area contributed by atoms with E-state index >= 15 is 0 Å². The van der Waals surface area contributed by atoms with E-state index in [-0.39, 0.29) is 19.6 Å². The van der Waals surface area contributed by atoms with Crippen LogP contribution in [0, 0.1) is 0 Å². The van der Waals surface area contributed by atoms with Crippen LogP contribution in [0.15, 0.2) is 0 Å². The molecule has 128 valence electrons. The monoisotopic (exact) mass is 326 g/mol. The third kappa shape index (κ3) is 5.70. The molecule has 1 aliphatic rings. The minimum atomic E-state index is -4.43. The number of carbonyl (C=O) groups is 2. The Bertz CT molecular complexity index is 420. The Balaban J connectivity index is 2.79. The van der Waals surface area contributed by atoms with E-state index in [1.165, 1.54) is 4.90 Å². The molecule has 1 unspecified atom stereocenters. The van der Waals surface area contributed by atoms with E-state index in [1.54, 1.807) is 20.8 Å². The van der Waals surface area contributed by atoms with Crippen molar-refractivity contribution in [2.24, 2.45) is 0 Å². The predicted octanol–water partition coefficient (Wildman–Crippen LogP) is 1.64. The minimum absolute atomic E-state index is 0.0541. The molecule has 1 atom stereocenters. The number of methoxy groups -OCH3 is 1. The molecule has 0 saturated carbocycles. The summed E-state index contributed by atoms with van der Waals surface area (Å²) in [7, 11) is 1.10. The van der Waals surface area contributed by atoms with Gasteiger partial charge in [0.05, 0.1) is 20.2 Å². The lowest BCUT2D eigenvalue weighted by atomic mass is 10.1. The highest BCUT2D eigenvalue weighted by atomic mass is 19.4. The molecule has 0 aromatic carbocycles. The maximum absolute atomic E-state index is 12.6. The number of ether oxygens (including phenoxy) is 2. The second kappa shape index (κ2) is 6.72. The smallest absolute Gasteiger partial charge is 0.410 e. The lowest BCUT2D eigenvalue weighted by Gasteiger charge is -2.40. The number of nitrogens with zero attached hydrogens (tertiary/aromatic N) is 2. The summed E-state index contributed by atoms with van der Waals surface area (Å²) in [6, 6.07) is -1.16. The summed E-state index contributed by atoms with van der Waals surface area (Å²) in [5.41, 5.74) is -0.721. The average molecular weight is 326 g/mol. The lowest BCUT2D eigenvalue weighted by molar-refractivity contribution is -0.168. The van der Waals surface area contributed by atoms with E-state index < -0.39 is 36.4 Å². The molecule has 0 radical (unpaired) electrons. The SMILES string of the molecule is COC(=O)C1CN(C(=O)OC(C)(C)C)CCN1CC(F)(F)F. The number of esters is 1. The molecule has 0 aliphatic carbocycles. The first-order valence-electron chi connectivity index (χ1n) is 6.79. The molecule has 1 amide bonds. The second-order valence-corrected chi connectivity index (χ2v) is 6.05. The average Bonchev–Trinajstić information content (AvgIpc) is 2.34. The van der Waals surface area contributed by atoms with Crippen LogP contribution >= 0.6 is 0 Å². The van der Waals surface area contributed by atoms with Crippen LogP contribution in [0.25, 0.3) is 0 Å². The lowest BCUT2D eigenvalue weighted by Crippen LogP contribution is -2.60. The summed E-state index contributed by atoms with van der Waals surface area (Å²) in [6.45, 7) is 3.59. The number of piperazine rings is 1. The van der Waals surface area contributed by atoms with Gasteiger partial charge in [0, 0.05) is 13.1 Å². The van der Waals surface area contributed by atoms with E-state index in [9.17, 15) is 22.8 Å². The maximum Gasteiger partial charge on any atom is 0.410 e. The topological polar surface area (TPSA) is 59.1 Å². The van der Waals surface area contributed by atoms with Crippen LogP contribution in [0.4, 0.5) is 18.0 Å². The van der Waals surface area contributed by atoms with Gasteiger partial charge in [-0.15, -0.1) is 0 Å². The van der Waals surface area contributed by atoms with Crippen molar-refractivity contribution >= 4 is 12.1 Å². The third-order valence-corrected chi connectivity index (χ3v) is 3.00. The Hall–Kier alpha value is -1.51. The number of alkyl halides is 3. The van der Waals surface area contributed by atoms with Crippen molar-refractivity contribution < 1.29 is 32.2 Å². The standard InChI is InChI=1S/C13H21F3N2O4/c1-12(2,3)22-11(20)17-5-6-18(8-13(14,15)16)9(7-17)10(19)21-4/h9H,5-8H2,1-4H3. The molecule has 22 heavy (non-hydrogen) atoms. The quantitative estimate of drug-likeness (QED) is 0.722. The summed E-state index contributed by atoms with van der Waals surface area (Å²) in [5, 5.41) is 0. The van der Waals surface area contributed by atoms with Crippen LogP contribution in [0.2, 0.25) is 0 Å². The van der Waals surface area contributed by atoms with E-state index in [0.29, 0.717) is 0 Å². The molecule has 6 nitrogen and oxygen atoms in total. The van der Waals surface area contributed by atoms with Crippen LogP contribution in [0.3, 0.4) is 0 Å². The van der Waals surface area contributed by atoms with Crippen molar-refractivity contribution in [3.05, 3.63) is 0 Å². The molecule has 1 rings (SSSR count). The summed E-state index contributed by atoms with van der Waals surface area (Å²) < 4.78 is 47.4. The molecule has 1 aliphatic heterocycles. The van der Waals surface area contributed by atoms with Gasteiger partial charge in [-0.2, -0.15) is 13.2 Å². The number of hydrogen-bond donors (Lipinski definition) is 0. The zero-order valence-corrected chi connectivity index (χ0v) is 13.1. The van der Waals surface area contributed by atoms with Crippen molar-refractivity contribution in [3.8, 4) is 0 Å². The number of carbonyl (C=O) groups excluding carboxylic acids is 2. The molecule has 0 spiro atoms. The predicted molar refractivity (Wildman–Crippen MR) is 71.2 cm³/mol. The number of amides is 1. The van der Waals surface area contributed by atoms with E-state index in [4.69, 9.17) is 4.74 Å². The number of rotatable bonds is 2. The molecule has 1 saturated heterocycles. The van der Waals surface area contributed by atoms with Gasteiger partial charge in [0.1, 0.15) is 11.6 Å². The van der Waals surface area contributed by atoms with Crippen molar-refractivity contribution in [2.45, 2.75) is 38.6 Å². The Morgan fingerprint density at radius 2 is 1.77 bits per heavy atom. The first-order chi connectivity index (χ1) is 9.93. The normalized spacial score (nSPS) is 20.7. The molecular weight excluding hydrogens is 305 g/mol. The highest BCUT2D eigenvalue weighted by Gasteiger charge is 2.41. The maximum atomic E-state index is 12.6. The van der Waals surface area contributed by atoms with Gasteiger partial charge < -0.3 is 14.4 Å². The molecule has 0 bridgehead atoms.